The molecule has 2 aliphatic rings. The molecule has 0 unspecified atom stereocenters. The maximum Gasteiger partial charge on any atom is 0.407 e. The summed E-state index contributed by atoms with van der Waals surface area (Å²) in [6.45, 7) is 0. The van der Waals surface area contributed by atoms with Gasteiger partial charge in [0, 0.05) is 6.04 Å². The lowest BCUT2D eigenvalue weighted by Crippen LogP contribution is -2.37. The van der Waals surface area contributed by atoms with E-state index in [1.807, 2.05) is 0 Å². The highest BCUT2D eigenvalue weighted by Gasteiger charge is 2.25. The van der Waals surface area contributed by atoms with Crippen molar-refractivity contribution in [2.24, 2.45) is 11.8 Å². The Morgan fingerprint density at radius 2 is 1.61 bits per heavy atom. The lowest BCUT2D eigenvalue weighted by Gasteiger charge is -2.32. The Bertz CT molecular complexity index is 253. The number of nitrogens with one attached hydrogen (secondary N) is 1. The summed E-state index contributed by atoms with van der Waals surface area (Å²) < 4.78 is 4.65. The van der Waals surface area contributed by atoms with Crippen LogP contribution in [0.25, 0.3) is 0 Å². The molecule has 2 aliphatic carbocycles. The third kappa shape index (κ3) is 4.18. The van der Waals surface area contributed by atoms with Gasteiger partial charge >= 0.3 is 6.09 Å². The quantitative estimate of drug-likeness (QED) is 0.829. The van der Waals surface area contributed by atoms with Crippen LogP contribution in [0.1, 0.15) is 64.2 Å². The fourth-order valence-corrected chi connectivity index (χ4v) is 3.66. The van der Waals surface area contributed by atoms with Gasteiger partial charge in [0.05, 0.1) is 7.11 Å². The van der Waals surface area contributed by atoms with E-state index < -0.39 is 0 Å². The number of amides is 1. The van der Waals surface area contributed by atoms with Crippen molar-refractivity contribution >= 4 is 6.09 Å². The molecule has 2 fully saturated rings. The van der Waals surface area contributed by atoms with Crippen molar-refractivity contribution in [1.29, 1.82) is 0 Å². The fourth-order valence-electron chi connectivity index (χ4n) is 3.66. The molecule has 0 saturated heterocycles. The maximum atomic E-state index is 11.1. The Kier molecular flexibility index (Phi) is 5.33. The molecule has 0 spiro atoms. The van der Waals surface area contributed by atoms with Gasteiger partial charge in [-0.3, -0.25) is 0 Å². The zero-order valence-electron chi connectivity index (χ0n) is 11.6. The average Bonchev–Trinajstić information content (AvgIpc) is 2.42. The highest BCUT2D eigenvalue weighted by Crippen LogP contribution is 2.35. The van der Waals surface area contributed by atoms with Gasteiger partial charge in [-0.1, -0.05) is 32.1 Å². The highest BCUT2D eigenvalue weighted by atomic mass is 16.5. The van der Waals surface area contributed by atoms with Crippen LogP contribution in [0.15, 0.2) is 0 Å². The molecule has 2 saturated carbocycles. The molecule has 0 radical (unpaired) electrons. The molecule has 1 amide bonds. The fraction of sp³-hybridized carbons (Fsp3) is 0.933. The summed E-state index contributed by atoms with van der Waals surface area (Å²) >= 11 is 0. The lowest BCUT2D eigenvalue weighted by molar-refractivity contribution is 0.157. The molecule has 0 atom stereocenters. The first-order valence-electron chi connectivity index (χ1n) is 7.62. The van der Waals surface area contributed by atoms with Crippen LogP contribution in [-0.2, 0) is 4.74 Å². The molecular formula is C15H27NO2. The van der Waals surface area contributed by atoms with E-state index in [4.69, 9.17) is 0 Å². The monoisotopic (exact) mass is 253 g/mol. The van der Waals surface area contributed by atoms with Crippen LogP contribution in [-0.4, -0.2) is 19.2 Å². The molecule has 0 aromatic rings. The number of carbonyl (C=O) groups excluding carboxylic acids is 1. The third-order valence-corrected chi connectivity index (χ3v) is 4.75. The van der Waals surface area contributed by atoms with Gasteiger partial charge in [-0.25, -0.2) is 4.79 Å². The number of carbonyl (C=O) groups is 1. The summed E-state index contributed by atoms with van der Waals surface area (Å²) in [6.07, 6.45) is 13.3. The molecule has 0 aromatic heterocycles. The second-order valence-electron chi connectivity index (χ2n) is 6.09. The minimum Gasteiger partial charge on any atom is -0.453 e. The van der Waals surface area contributed by atoms with E-state index in [-0.39, 0.29) is 6.09 Å². The summed E-state index contributed by atoms with van der Waals surface area (Å²) in [4.78, 5) is 11.1. The molecule has 2 rings (SSSR count). The summed E-state index contributed by atoms with van der Waals surface area (Å²) in [5.41, 5.74) is 0. The van der Waals surface area contributed by atoms with Crippen molar-refractivity contribution in [2.45, 2.75) is 70.3 Å². The number of methoxy groups -OCH3 is 1. The molecule has 104 valence electrons. The predicted octanol–water partition coefficient (Wildman–Crippen LogP) is 3.87. The van der Waals surface area contributed by atoms with Gasteiger partial charge < -0.3 is 10.1 Å². The third-order valence-electron chi connectivity index (χ3n) is 4.75. The van der Waals surface area contributed by atoms with Gasteiger partial charge in [0.2, 0.25) is 0 Å². The van der Waals surface area contributed by atoms with Gasteiger partial charge in [0.25, 0.3) is 0 Å². The molecule has 0 heterocycles. The number of ether oxygens (including phenoxy) is 1. The number of hydrogen-bond acceptors (Lipinski definition) is 2. The van der Waals surface area contributed by atoms with E-state index in [1.54, 1.807) is 0 Å². The first kappa shape index (κ1) is 13.7. The van der Waals surface area contributed by atoms with E-state index in [2.05, 4.69) is 10.1 Å². The summed E-state index contributed by atoms with van der Waals surface area (Å²) in [7, 11) is 1.43. The Morgan fingerprint density at radius 1 is 1.00 bits per heavy atom. The van der Waals surface area contributed by atoms with Crippen LogP contribution < -0.4 is 5.32 Å². The van der Waals surface area contributed by atoms with Gasteiger partial charge in [-0.15, -0.1) is 0 Å². The molecule has 1 N–H and O–H groups in total. The standard InChI is InChI=1S/C15H27NO2/c1-18-15(17)16-14-9-7-13(8-10-14)11-12-5-3-2-4-6-12/h12-14H,2-11H2,1H3,(H,16,17). The smallest absolute Gasteiger partial charge is 0.407 e. The zero-order valence-corrected chi connectivity index (χ0v) is 11.6. The van der Waals surface area contributed by atoms with Crippen LogP contribution in [0.2, 0.25) is 0 Å². The minimum atomic E-state index is -0.272. The normalized spacial score (nSPS) is 29.8. The maximum absolute atomic E-state index is 11.1. The Labute approximate surface area is 111 Å². The summed E-state index contributed by atoms with van der Waals surface area (Å²) in [5, 5.41) is 2.93. The molecule has 3 heteroatoms. The van der Waals surface area contributed by atoms with E-state index in [9.17, 15) is 4.79 Å². The van der Waals surface area contributed by atoms with Gasteiger partial charge in [-0.05, 0) is 43.9 Å². The molecule has 3 nitrogen and oxygen atoms in total. The largest absolute Gasteiger partial charge is 0.453 e. The molecule has 0 aliphatic heterocycles. The van der Waals surface area contributed by atoms with Crippen LogP contribution in [0.4, 0.5) is 4.79 Å². The van der Waals surface area contributed by atoms with Crippen LogP contribution >= 0.6 is 0 Å². The summed E-state index contributed by atoms with van der Waals surface area (Å²) in [6, 6.07) is 0.347. The second-order valence-corrected chi connectivity index (χ2v) is 6.09. The van der Waals surface area contributed by atoms with E-state index in [1.165, 1.54) is 58.5 Å². The number of hydrogen-bond donors (Lipinski definition) is 1. The lowest BCUT2D eigenvalue weighted by atomic mass is 9.76. The van der Waals surface area contributed by atoms with Crippen molar-refractivity contribution in [3.05, 3.63) is 0 Å². The van der Waals surface area contributed by atoms with Crippen molar-refractivity contribution in [3.8, 4) is 0 Å². The zero-order chi connectivity index (χ0) is 12.8. The number of alkyl carbamates (subject to hydrolysis) is 1. The Morgan fingerprint density at radius 3 is 2.22 bits per heavy atom. The Balaban J connectivity index is 1.65. The van der Waals surface area contributed by atoms with Crippen molar-refractivity contribution in [2.75, 3.05) is 7.11 Å². The van der Waals surface area contributed by atoms with E-state index in [0.29, 0.717) is 6.04 Å². The van der Waals surface area contributed by atoms with Crippen molar-refractivity contribution < 1.29 is 9.53 Å². The minimum absolute atomic E-state index is 0.272. The predicted molar refractivity (Wildman–Crippen MR) is 72.5 cm³/mol. The van der Waals surface area contributed by atoms with Crippen LogP contribution in [0.3, 0.4) is 0 Å². The van der Waals surface area contributed by atoms with Gasteiger partial charge in [0.15, 0.2) is 0 Å². The van der Waals surface area contributed by atoms with E-state index in [0.717, 1.165) is 24.7 Å². The second kappa shape index (κ2) is 7.01. The molecule has 18 heavy (non-hydrogen) atoms. The first-order valence-corrected chi connectivity index (χ1v) is 7.62. The molecular weight excluding hydrogens is 226 g/mol. The SMILES string of the molecule is COC(=O)NC1CCC(CC2CCCCC2)CC1. The van der Waals surface area contributed by atoms with Crippen molar-refractivity contribution in [1.82, 2.24) is 5.32 Å². The molecule has 0 bridgehead atoms. The van der Waals surface area contributed by atoms with E-state index >= 15 is 0 Å². The van der Waals surface area contributed by atoms with Crippen LogP contribution in [0, 0.1) is 11.8 Å². The first-order chi connectivity index (χ1) is 8.78. The van der Waals surface area contributed by atoms with Gasteiger partial charge in [0.1, 0.15) is 0 Å². The van der Waals surface area contributed by atoms with Crippen LogP contribution in [0.5, 0.6) is 0 Å². The average molecular weight is 253 g/mol. The Hall–Kier alpha value is -0.730. The molecule has 0 aromatic carbocycles. The van der Waals surface area contributed by atoms with Crippen molar-refractivity contribution in [3.63, 3.8) is 0 Å². The highest BCUT2D eigenvalue weighted by molar-refractivity contribution is 5.67. The summed E-state index contributed by atoms with van der Waals surface area (Å²) in [5.74, 6) is 1.90. The van der Waals surface area contributed by atoms with Gasteiger partial charge in [-0.2, -0.15) is 0 Å². The number of rotatable bonds is 3. The topological polar surface area (TPSA) is 38.3 Å².